The first-order valence-electron chi connectivity index (χ1n) is 7.06. The normalized spacial score (nSPS) is 19.6. The van der Waals surface area contributed by atoms with Crippen LogP contribution >= 0.6 is 0 Å². The third-order valence-corrected chi connectivity index (χ3v) is 3.81. The lowest BCUT2D eigenvalue weighted by molar-refractivity contribution is 0.0819. The van der Waals surface area contributed by atoms with Gasteiger partial charge in [-0.1, -0.05) is 6.92 Å². The van der Waals surface area contributed by atoms with Crippen LogP contribution in [0.3, 0.4) is 0 Å². The SMILES string of the molecule is COc1ccc(F)cc1C(O)C(C)CN1CCNCC1. The van der Waals surface area contributed by atoms with Crippen molar-refractivity contribution >= 4 is 0 Å². The Kier molecular flexibility index (Phi) is 5.34. The molecular formula is C15H23FN2O2. The second-order valence-corrected chi connectivity index (χ2v) is 5.36. The van der Waals surface area contributed by atoms with Crippen LogP contribution in [0.15, 0.2) is 18.2 Å². The standard InChI is InChI=1S/C15H23FN2O2/c1-11(10-18-7-5-17-6-8-18)15(19)13-9-12(16)3-4-14(13)20-2/h3-4,9,11,15,17,19H,5-8,10H2,1-2H3. The van der Waals surface area contributed by atoms with Crippen LogP contribution in [0, 0.1) is 11.7 Å². The summed E-state index contributed by atoms with van der Waals surface area (Å²) in [5.41, 5.74) is 0.523. The van der Waals surface area contributed by atoms with Crippen LogP contribution in [0.4, 0.5) is 4.39 Å². The smallest absolute Gasteiger partial charge is 0.124 e. The zero-order valence-electron chi connectivity index (χ0n) is 12.1. The number of hydrogen-bond acceptors (Lipinski definition) is 4. The van der Waals surface area contributed by atoms with E-state index < -0.39 is 6.10 Å². The minimum atomic E-state index is -0.726. The first kappa shape index (κ1) is 15.2. The number of aliphatic hydroxyl groups excluding tert-OH is 1. The quantitative estimate of drug-likeness (QED) is 0.857. The Labute approximate surface area is 119 Å². The molecule has 5 heteroatoms. The summed E-state index contributed by atoms with van der Waals surface area (Å²) in [7, 11) is 1.53. The van der Waals surface area contributed by atoms with E-state index in [4.69, 9.17) is 4.74 Å². The highest BCUT2D eigenvalue weighted by Gasteiger charge is 2.23. The van der Waals surface area contributed by atoms with E-state index in [2.05, 4.69) is 10.2 Å². The van der Waals surface area contributed by atoms with Gasteiger partial charge in [0.2, 0.25) is 0 Å². The highest BCUT2D eigenvalue weighted by atomic mass is 19.1. The molecule has 1 fully saturated rings. The van der Waals surface area contributed by atoms with E-state index in [1.54, 1.807) is 6.07 Å². The zero-order valence-corrected chi connectivity index (χ0v) is 12.1. The fraction of sp³-hybridized carbons (Fsp3) is 0.600. The Balaban J connectivity index is 2.05. The van der Waals surface area contributed by atoms with Gasteiger partial charge in [-0.2, -0.15) is 0 Å². The summed E-state index contributed by atoms with van der Waals surface area (Å²) in [6.07, 6.45) is -0.726. The van der Waals surface area contributed by atoms with E-state index in [0.29, 0.717) is 11.3 Å². The highest BCUT2D eigenvalue weighted by Crippen LogP contribution is 2.31. The van der Waals surface area contributed by atoms with Crippen molar-refractivity contribution in [2.75, 3.05) is 39.8 Å². The van der Waals surface area contributed by atoms with Gasteiger partial charge in [-0.3, -0.25) is 0 Å². The lowest BCUT2D eigenvalue weighted by Gasteiger charge is -2.31. The Morgan fingerprint density at radius 1 is 1.40 bits per heavy atom. The fourth-order valence-corrected chi connectivity index (χ4v) is 2.64. The lowest BCUT2D eigenvalue weighted by Crippen LogP contribution is -2.45. The van der Waals surface area contributed by atoms with Gasteiger partial charge in [0.15, 0.2) is 0 Å². The number of benzene rings is 1. The molecule has 0 radical (unpaired) electrons. The van der Waals surface area contributed by atoms with Gasteiger partial charge in [-0.15, -0.1) is 0 Å². The summed E-state index contributed by atoms with van der Waals surface area (Å²) in [6.45, 7) is 6.70. The maximum atomic E-state index is 13.4. The van der Waals surface area contributed by atoms with Crippen LogP contribution < -0.4 is 10.1 Å². The third-order valence-electron chi connectivity index (χ3n) is 3.81. The number of halogens is 1. The molecule has 0 aliphatic carbocycles. The van der Waals surface area contributed by atoms with Gasteiger partial charge in [0.05, 0.1) is 13.2 Å². The van der Waals surface area contributed by atoms with E-state index in [9.17, 15) is 9.50 Å². The van der Waals surface area contributed by atoms with Crippen molar-refractivity contribution in [2.24, 2.45) is 5.92 Å². The summed E-state index contributed by atoms with van der Waals surface area (Å²) in [6, 6.07) is 4.26. The minimum absolute atomic E-state index is 0.0174. The maximum Gasteiger partial charge on any atom is 0.124 e. The Morgan fingerprint density at radius 2 is 2.10 bits per heavy atom. The monoisotopic (exact) mass is 282 g/mol. The van der Waals surface area contributed by atoms with E-state index in [0.717, 1.165) is 32.7 Å². The van der Waals surface area contributed by atoms with Crippen LogP contribution in [-0.2, 0) is 0 Å². The molecule has 1 aliphatic rings. The van der Waals surface area contributed by atoms with Crippen LogP contribution in [0.1, 0.15) is 18.6 Å². The van der Waals surface area contributed by atoms with Crippen molar-refractivity contribution in [3.8, 4) is 5.75 Å². The molecule has 2 N–H and O–H groups in total. The minimum Gasteiger partial charge on any atom is -0.496 e. The largest absolute Gasteiger partial charge is 0.496 e. The fourth-order valence-electron chi connectivity index (χ4n) is 2.64. The predicted octanol–water partition coefficient (Wildman–Crippen LogP) is 1.41. The first-order valence-corrected chi connectivity index (χ1v) is 7.06. The van der Waals surface area contributed by atoms with E-state index in [1.165, 1.54) is 19.2 Å². The number of ether oxygens (including phenoxy) is 1. The number of nitrogens with zero attached hydrogens (tertiary/aromatic N) is 1. The molecule has 0 aromatic heterocycles. The summed E-state index contributed by atoms with van der Waals surface area (Å²) >= 11 is 0. The number of aliphatic hydroxyl groups is 1. The summed E-state index contributed by atoms with van der Waals surface area (Å²) < 4.78 is 18.6. The molecule has 2 unspecified atom stereocenters. The number of methoxy groups -OCH3 is 1. The van der Waals surface area contributed by atoms with Crippen LogP contribution in [0.5, 0.6) is 5.75 Å². The Hall–Kier alpha value is -1.17. The van der Waals surface area contributed by atoms with Crippen molar-refractivity contribution in [3.63, 3.8) is 0 Å². The number of hydrogen-bond donors (Lipinski definition) is 2. The molecule has 2 atom stereocenters. The molecule has 20 heavy (non-hydrogen) atoms. The Bertz CT molecular complexity index is 436. The second kappa shape index (κ2) is 7.02. The van der Waals surface area contributed by atoms with Crippen molar-refractivity contribution in [3.05, 3.63) is 29.6 Å². The van der Waals surface area contributed by atoms with E-state index >= 15 is 0 Å². The van der Waals surface area contributed by atoms with Crippen LogP contribution in [0.25, 0.3) is 0 Å². The van der Waals surface area contributed by atoms with Crippen molar-refractivity contribution in [2.45, 2.75) is 13.0 Å². The van der Waals surface area contributed by atoms with Gasteiger partial charge in [-0.05, 0) is 24.1 Å². The van der Waals surface area contributed by atoms with E-state index in [1.807, 2.05) is 6.92 Å². The molecule has 0 bridgehead atoms. The van der Waals surface area contributed by atoms with Crippen LogP contribution in [0.2, 0.25) is 0 Å². The Morgan fingerprint density at radius 3 is 2.75 bits per heavy atom. The van der Waals surface area contributed by atoms with Gasteiger partial charge < -0.3 is 20.1 Å². The van der Waals surface area contributed by atoms with Gasteiger partial charge in [0.25, 0.3) is 0 Å². The molecule has 112 valence electrons. The van der Waals surface area contributed by atoms with E-state index in [-0.39, 0.29) is 11.7 Å². The van der Waals surface area contributed by atoms with Crippen molar-refractivity contribution in [1.29, 1.82) is 0 Å². The molecule has 0 spiro atoms. The molecule has 2 rings (SSSR count). The molecule has 1 heterocycles. The lowest BCUT2D eigenvalue weighted by atomic mass is 9.95. The molecule has 1 aromatic carbocycles. The molecule has 1 aliphatic heterocycles. The van der Waals surface area contributed by atoms with Gasteiger partial charge in [-0.25, -0.2) is 4.39 Å². The molecule has 1 saturated heterocycles. The average molecular weight is 282 g/mol. The third kappa shape index (κ3) is 3.69. The topological polar surface area (TPSA) is 44.7 Å². The summed E-state index contributed by atoms with van der Waals surface area (Å²) in [5.74, 6) is 0.198. The number of rotatable bonds is 5. The molecule has 0 amide bonds. The molecule has 4 nitrogen and oxygen atoms in total. The zero-order chi connectivity index (χ0) is 14.5. The van der Waals surface area contributed by atoms with Gasteiger partial charge in [0, 0.05) is 38.3 Å². The highest BCUT2D eigenvalue weighted by molar-refractivity contribution is 5.36. The summed E-state index contributed by atoms with van der Waals surface area (Å²) in [5, 5.41) is 13.8. The predicted molar refractivity (Wildman–Crippen MR) is 76.4 cm³/mol. The average Bonchev–Trinajstić information content (AvgIpc) is 2.47. The molecular weight excluding hydrogens is 259 g/mol. The first-order chi connectivity index (χ1) is 9.61. The molecule has 0 saturated carbocycles. The second-order valence-electron chi connectivity index (χ2n) is 5.36. The number of nitrogens with one attached hydrogen (secondary N) is 1. The van der Waals surface area contributed by atoms with Crippen LogP contribution in [-0.4, -0.2) is 49.8 Å². The van der Waals surface area contributed by atoms with Crippen molar-refractivity contribution < 1.29 is 14.2 Å². The van der Waals surface area contributed by atoms with Crippen molar-refractivity contribution in [1.82, 2.24) is 10.2 Å². The maximum absolute atomic E-state index is 13.4. The van der Waals surface area contributed by atoms with Gasteiger partial charge in [0.1, 0.15) is 11.6 Å². The summed E-state index contributed by atoms with van der Waals surface area (Å²) in [4.78, 5) is 2.32. The molecule has 1 aromatic rings. The number of piperazine rings is 1. The van der Waals surface area contributed by atoms with Gasteiger partial charge >= 0.3 is 0 Å².